The van der Waals surface area contributed by atoms with Crippen molar-refractivity contribution in [1.29, 1.82) is 0 Å². The van der Waals surface area contributed by atoms with Gasteiger partial charge in [0.2, 0.25) is 0 Å². The lowest BCUT2D eigenvalue weighted by Crippen LogP contribution is -2.37. The highest BCUT2D eigenvalue weighted by atomic mass is 16.5. The summed E-state index contributed by atoms with van der Waals surface area (Å²) >= 11 is 0. The number of carbonyl (C=O) groups excluding carboxylic acids is 1. The Kier molecular flexibility index (Phi) is 7.66. The van der Waals surface area contributed by atoms with Crippen LogP contribution in [-0.4, -0.2) is 42.4 Å². The number of hydrogen-bond donors (Lipinski definition) is 2. The maximum atomic E-state index is 12.7. The second-order valence-electron chi connectivity index (χ2n) is 10.4. The Labute approximate surface area is 198 Å². The number of aromatic nitrogens is 1. The minimum Gasteiger partial charge on any atom is -0.361 e. The number of hydrogen-bond acceptors (Lipinski definition) is 5. The van der Waals surface area contributed by atoms with Crippen molar-refractivity contribution in [1.82, 2.24) is 10.3 Å². The van der Waals surface area contributed by atoms with Gasteiger partial charge in [0.15, 0.2) is 0 Å². The predicted octanol–water partition coefficient (Wildman–Crippen LogP) is 5.32. The fourth-order valence-corrected chi connectivity index (χ4v) is 4.70. The van der Waals surface area contributed by atoms with Gasteiger partial charge in [-0.15, -0.1) is 0 Å². The summed E-state index contributed by atoms with van der Waals surface area (Å²) in [5.74, 6) is 1.49. The number of pyridine rings is 1. The lowest BCUT2D eigenvalue weighted by molar-refractivity contribution is -0.0163. The first-order chi connectivity index (χ1) is 15.9. The predicted molar refractivity (Wildman–Crippen MR) is 134 cm³/mol. The molecular formula is C27H38N4O2. The SMILES string of the molecule is CC(C)(C)OCNC1CCN(c2ccc(NC(=O)c3ccc(C4CCCCC4)cc3)cn2)C1. The van der Waals surface area contributed by atoms with Gasteiger partial charge in [0.1, 0.15) is 5.82 Å². The largest absolute Gasteiger partial charge is 0.361 e. The molecule has 1 atom stereocenters. The maximum absolute atomic E-state index is 12.7. The molecule has 2 fully saturated rings. The normalized spacial score (nSPS) is 19.6. The van der Waals surface area contributed by atoms with E-state index in [-0.39, 0.29) is 11.5 Å². The average Bonchev–Trinajstić information content (AvgIpc) is 3.28. The summed E-state index contributed by atoms with van der Waals surface area (Å²) in [5, 5.41) is 6.45. The number of nitrogens with zero attached hydrogens (tertiary/aromatic N) is 2. The van der Waals surface area contributed by atoms with Gasteiger partial charge in [0, 0.05) is 24.7 Å². The number of anilines is 2. The second kappa shape index (κ2) is 10.7. The highest BCUT2D eigenvalue weighted by molar-refractivity contribution is 6.04. The van der Waals surface area contributed by atoms with Gasteiger partial charge in [-0.05, 0) is 75.8 Å². The van der Waals surface area contributed by atoms with Crippen LogP contribution in [0.15, 0.2) is 42.6 Å². The van der Waals surface area contributed by atoms with Crippen molar-refractivity contribution in [3.63, 3.8) is 0 Å². The van der Waals surface area contributed by atoms with E-state index >= 15 is 0 Å². The topological polar surface area (TPSA) is 66.5 Å². The van der Waals surface area contributed by atoms with Crippen molar-refractivity contribution in [2.75, 3.05) is 30.0 Å². The van der Waals surface area contributed by atoms with Crippen LogP contribution in [0.2, 0.25) is 0 Å². The third-order valence-corrected chi connectivity index (χ3v) is 6.64. The molecule has 1 aliphatic carbocycles. The first kappa shape index (κ1) is 23.7. The first-order valence-electron chi connectivity index (χ1n) is 12.4. The summed E-state index contributed by atoms with van der Waals surface area (Å²) < 4.78 is 5.77. The molecule has 4 rings (SSSR count). The van der Waals surface area contributed by atoms with E-state index in [1.54, 1.807) is 6.20 Å². The minimum absolute atomic E-state index is 0.0935. The number of rotatable bonds is 7. The van der Waals surface area contributed by atoms with Gasteiger partial charge in [-0.3, -0.25) is 10.1 Å². The molecular weight excluding hydrogens is 412 g/mol. The summed E-state index contributed by atoms with van der Waals surface area (Å²) in [4.78, 5) is 19.5. The monoisotopic (exact) mass is 450 g/mol. The maximum Gasteiger partial charge on any atom is 0.255 e. The van der Waals surface area contributed by atoms with E-state index in [0.29, 0.717) is 29.9 Å². The third-order valence-electron chi connectivity index (χ3n) is 6.64. The van der Waals surface area contributed by atoms with Crippen LogP contribution in [0.25, 0.3) is 0 Å². The van der Waals surface area contributed by atoms with Crippen molar-refractivity contribution < 1.29 is 9.53 Å². The van der Waals surface area contributed by atoms with Crippen LogP contribution >= 0.6 is 0 Å². The Morgan fingerprint density at radius 3 is 2.48 bits per heavy atom. The fraction of sp³-hybridized carbons (Fsp3) is 0.556. The van der Waals surface area contributed by atoms with E-state index in [2.05, 4.69) is 53.4 Å². The van der Waals surface area contributed by atoms with Crippen LogP contribution in [0.4, 0.5) is 11.5 Å². The van der Waals surface area contributed by atoms with Gasteiger partial charge < -0.3 is 15.0 Å². The molecule has 1 saturated heterocycles. The minimum atomic E-state index is -0.134. The average molecular weight is 451 g/mol. The van der Waals surface area contributed by atoms with E-state index in [1.807, 2.05) is 24.3 Å². The molecule has 33 heavy (non-hydrogen) atoms. The quantitative estimate of drug-likeness (QED) is 0.559. The van der Waals surface area contributed by atoms with Crippen molar-refractivity contribution in [3.8, 4) is 0 Å². The molecule has 0 bridgehead atoms. The molecule has 0 spiro atoms. The Hall–Kier alpha value is -2.44. The Bertz CT molecular complexity index is 899. The standard InChI is InChI=1S/C27H38N4O2/c1-27(2,3)33-19-29-24-15-16-31(18-24)25-14-13-23(17-28-25)30-26(32)22-11-9-21(10-12-22)20-7-5-4-6-8-20/h9-14,17,20,24,29H,4-8,15-16,18-19H2,1-3H3,(H,30,32). The molecule has 6 heteroatoms. The molecule has 1 aromatic heterocycles. The van der Waals surface area contributed by atoms with E-state index in [1.165, 1.54) is 37.7 Å². The zero-order valence-electron chi connectivity index (χ0n) is 20.3. The molecule has 2 aliphatic rings. The van der Waals surface area contributed by atoms with Crippen LogP contribution < -0.4 is 15.5 Å². The van der Waals surface area contributed by atoms with Gasteiger partial charge in [0.05, 0.1) is 24.2 Å². The van der Waals surface area contributed by atoms with Crippen LogP contribution in [0.1, 0.15) is 81.1 Å². The van der Waals surface area contributed by atoms with E-state index < -0.39 is 0 Å². The molecule has 1 saturated carbocycles. The molecule has 178 valence electrons. The number of ether oxygens (including phenoxy) is 1. The van der Waals surface area contributed by atoms with Crippen LogP contribution in [0.3, 0.4) is 0 Å². The molecule has 1 aliphatic heterocycles. The van der Waals surface area contributed by atoms with Gasteiger partial charge in [-0.1, -0.05) is 31.4 Å². The van der Waals surface area contributed by atoms with Gasteiger partial charge in [-0.25, -0.2) is 4.98 Å². The molecule has 6 nitrogen and oxygen atoms in total. The second-order valence-corrected chi connectivity index (χ2v) is 10.4. The lowest BCUT2D eigenvalue weighted by atomic mass is 9.84. The van der Waals surface area contributed by atoms with Crippen molar-refractivity contribution in [2.45, 2.75) is 76.9 Å². The number of benzene rings is 1. The zero-order valence-corrected chi connectivity index (χ0v) is 20.3. The Balaban J connectivity index is 1.26. The van der Waals surface area contributed by atoms with Gasteiger partial charge >= 0.3 is 0 Å². The van der Waals surface area contributed by atoms with Crippen LogP contribution in [0.5, 0.6) is 0 Å². The smallest absolute Gasteiger partial charge is 0.255 e. The molecule has 2 heterocycles. The molecule has 1 aromatic carbocycles. The van der Waals surface area contributed by atoms with E-state index in [4.69, 9.17) is 4.74 Å². The Morgan fingerprint density at radius 2 is 1.82 bits per heavy atom. The molecule has 0 radical (unpaired) electrons. The number of carbonyl (C=O) groups is 1. The molecule has 1 unspecified atom stereocenters. The lowest BCUT2D eigenvalue weighted by Gasteiger charge is -2.22. The van der Waals surface area contributed by atoms with Gasteiger partial charge in [0.25, 0.3) is 5.91 Å². The van der Waals surface area contributed by atoms with Crippen LogP contribution in [-0.2, 0) is 4.74 Å². The fourth-order valence-electron chi connectivity index (χ4n) is 4.70. The van der Waals surface area contributed by atoms with Crippen molar-refractivity contribution >= 4 is 17.4 Å². The van der Waals surface area contributed by atoms with Gasteiger partial charge in [-0.2, -0.15) is 0 Å². The summed E-state index contributed by atoms with van der Waals surface area (Å²) in [5.41, 5.74) is 2.63. The van der Waals surface area contributed by atoms with E-state index in [0.717, 1.165) is 25.3 Å². The molecule has 2 N–H and O–H groups in total. The zero-order chi connectivity index (χ0) is 23.3. The molecule has 2 aromatic rings. The number of amides is 1. The van der Waals surface area contributed by atoms with E-state index in [9.17, 15) is 4.79 Å². The highest BCUT2D eigenvalue weighted by Gasteiger charge is 2.23. The summed E-state index contributed by atoms with van der Waals surface area (Å²) in [7, 11) is 0. The summed E-state index contributed by atoms with van der Waals surface area (Å²) in [6.45, 7) is 8.60. The third kappa shape index (κ3) is 6.78. The summed E-state index contributed by atoms with van der Waals surface area (Å²) in [6, 6.07) is 12.4. The molecule has 1 amide bonds. The summed E-state index contributed by atoms with van der Waals surface area (Å²) in [6.07, 6.45) is 9.32. The number of nitrogens with one attached hydrogen (secondary N) is 2. The first-order valence-corrected chi connectivity index (χ1v) is 12.4. The van der Waals surface area contributed by atoms with Crippen molar-refractivity contribution in [2.24, 2.45) is 0 Å². The Morgan fingerprint density at radius 1 is 1.06 bits per heavy atom. The van der Waals surface area contributed by atoms with Crippen LogP contribution in [0, 0.1) is 0 Å². The highest BCUT2D eigenvalue weighted by Crippen LogP contribution is 2.32. The van der Waals surface area contributed by atoms with Crippen molar-refractivity contribution in [3.05, 3.63) is 53.7 Å².